The van der Waals surface area contributed by atoms with Crippen molar-refractivity contribution in [3.63, 3.8) is 0 Å². The van der Waals surface area contributed by atoms with Crippen molar-refractivity contribution in [3.8, 4) is 5.75 Å². The van der Waals surface area contributed by atoms with Crippen molar-refractivity contribution in [2.24, 2.45) is 0 Å². The molecule has 0 atom stereocenters. The fourth-order valence-corrected chi connectivity index (χ4v) is 5.44. The van der Waals surface area contributed by atoms with E-state index in [0.29, 0.717) is 11.1 Å². The van der Waals surface area contributed by atoms with Crippen LogP contribution in [-0.4, -0.2) is 18.1 Å². The van der Waals surface area contributed by atoms with Crippen molar-refractivity contribution in [2.45, 2.75) is 18.4 Å². The van der Waals surface area contributed by atoms with Gasteiger partial charge in [-0.05, 0) is 54.4 Å². The summed E-state index contributed by atoms with van der Waals surface area (Å²) >= 11 is 0. The van der Waals surface area contributed by atoms with Crippen LogP contribution in [0.5, 0.6) is 5.75 Å². The zero-order valence-corrected chi connectivity index (χ0v) is 18.7. The summed E-state index contributed by atoms with van der Waals surface area (Å²) in [6.07, 6.45) is 0. The molecule has 172 valence electrons. The van der Waals surface area contributed by atoms with Gasteiger partial charge in [-0.25, -0.2) is 17.2 Å². The second-order valence-electron chi connectivity index (χ2n) is 8.06. The van der Waals surface area contributed by atoms with E-state index < -0.39 is 32.8 Å². The van der Waals surface area contributed by atoms with Crippen LogP contribution in [0.25, 0.3) is 16.6 Å². The fourth-order valence-electron chi connectivity index (χ4n) is 4.13. The maximum Gasteiger partial charge on any atom is 0.264 e. The molecular formula is C25H18F2N2O4S. The van der Waals surface area contributed by atoms with Crippen molar-refractivity contribution in [3.05, 3.63) is 105 Å². The van der Waals surface area contributed by atoms with E-state index in [2.05, 4.69) is 5.32 Å². The fraction of sp³-hybridized carbons (Fsp3) is 0.0800. The van der Waals surface area contributed by atoms with E-state index >= 15 is 0 Å². The Morgan fingerprint density at radius 1 is 1.03 bits per heavy atom. The van der Waals surface area contributed by atoms with Crippen LogP contribution in [0.2, 0.25) is 0 Å². The summed E-state index contributed by atoms with van der Waals surface area (Å²) in [5, 5.41) is 14.8. The number of sulfone groups is 1. The standard InChI is InChI=1S/C25H18F2N2O4S/c1-14-10-15(6-8-18(14)27)12-29-21-9-7-16(26)11-17(21)24(30)23(25(29)31)20-13-34(32,33)22-5-3-2-4-19(22)28-20/h2-11,13,28,30H,12H2,1H3. The molecule has 0 amide bonds. The summed E-state index contributed by atoms with van der Waals surface area (Å²) in [6.45, 7) is 1.59. The van der Waals surface area contributed by atoms with Gasteiger partial charge in [0.15, 0.2) is 0 Å². The summed E-state index contributed by atoms with van der Waals surface area (Å²) in [5.41, 5.74) is 0.359. The third-order valence-corrected chi connectivity index (χ3v) is 7.28. The molecule has 0 bridgehead atoms. The number of fused-ring (bicyclic) bond motifs is 2. The van der Waals surface area contributed by atoms with Gasteiger partial charge in [0.25, 0.3) is 5.56 Å². The molecule has 34 heavy (non-hydrogen) atoms. The number of hydrogen-bond donors (Lipinski definition) is 2. The van der Waals surface area contributed by atoms with Gasteiger partial charge >= 0.3 is 0 Å². The molecule has 0 spiro atoms. The van der Waals surface area contributed by atoms with Crippen LogP contribution >= 0.6 is 0 Å². The van der Waals surface area contributed by atoms with Gasteiger partial charge in [0, 0.05) is 5.39 Å². The Morgan fingerprint density at radius 3 is 2.56 bits per heavy atom. The Bertz CT molecular complexity index is 1690. The highest BCUT2D eigenvalue weighted by Gasteiger charge is 2.28. The van der Waals surface area contributed by atoms with E-state index in [9.17, 15) is 27.1 Å². The molecule has 0 unspecified atom stereocenters. The predicted molar refractivity (Wildman–Crippen MR) is 125 cm³/mol. The average molecular weight is 480 g/mol. The van der Waals surface area contributed by atoms with Gasteiger partial charge in [-0.3, -0.25) is 4.79 Å². The number of nitrogens with zero attached hydrogens (tertiary/aromatic N) is 1. The highest BCUT2D eigenvalue weighted by atomic mass is 32.2. The molecule has 2 heterocycles. The number of aromatic hydroxyl groups is 1. The van der Waals surface area contributed by atoms with Gasteiger partial charge in [0.2, 0.25) is 9.84 Å². The minimum Gasteiger partial charge on any atom is -0.506 e. The number of hydrogen-bond acceptors (Lipinski definition) is 5. The first kappa shape index (κ1) is 21.8. The number of benzene rings is 3. The molecule has 0 saturated carbocycles. The summed E-state index contributed by atoms with van der Waals surface area (Å²) in [5.74, 6) is -1.57. The SMILES string of the molecule is Cc1cc(Cn2c(=O)c(C3=CS(=O)(=O)c4ccccc4N3)c(O)c3cc(F)ccc32)ccc1F. The minimum atomic E-state index is -3.92. The number of pyridine rings is 1. The first-order valence-corrected chi connectivity index (χ1v) is 11.8. The summed E-state index contributed by atoms with van der Waals surface area (Å²) in [4.78, 5) is 13.7. The molecule has 1 aliphatic heterocycles. The van der Waals surface area contributed by atoms with E-state index in [4.69, 9.17) is 0 Å². The second-order valence-corrected chi connectivity index (χ2v) is 9.82. The lowest BCUT2D eigenvalue weighted by atomic mass is 10.1. The molecule has 3 aromatic carbocycles. The van der Waals surface area contributed by atoms with Crippen molar-refractivity contribution in [1.29, 1.82) is 0 Å². The third kappa shape index (κ3) is 3.54. The molecule has 0 fully saturated rings. The van der Waals surface area contributed by atoms with Crippen LogP contribution in [-0.2, 0) is 16.4 Å². The Labute approximate surface area is 193 Å². The summed E-state index contributed by atoms with van der Waals surface area (Å²) in [6, 6.07) is 14.2. The molecule has 5 rings (SSSR count). The largest absolute Gasteiger partial charge is 0.506 e. The molecule has 1 aromatic heterocycles. The van der Waals surface area contributed by atoms with Crippen molar-refractivity contribution in [2.75, 3.05) is 5.32 Å². The Morgan fingerprint density at radius 2 is 1.79 bits per heavy atom. The topological polar surface area (TPSA) is 88.4 Å². The van der Waals surface area contributed by atoms with Crippen LogP contribution in [0, 0.1) is 18.6 Å². The minimum absolute atomic E-state index is 0.00795. The molecule has 2 N–H and O–H groups in total. The molecular weight excluding hydrogens is 462 g/mol. The third-order valence-electron chi connectivity index (χ3n) is 5.77. The lowest BCUT2D eigenvalue weighted by Crippen LogP contribution is -2.27. The number of aromatic nitrogens is 1. The number of anilines is 1. The van der Waals surface area contributed by atoms with E-state index in [0.717, 1.165) is 17.5 Å². The van der Waals surface area contributed by atoms with Crippen molar-refractivity contribution >= 4 is 32.1 Å². The van der Waals surface area contributed by atoms with E-state index in [1.165, 1.54) is 34.9 Å². The number of rotatable bonds is 3. The number of para-hydroxylation sites is 1. The average Bonchev–Trinajstić information content (AvgIpc) is 2.79. The molecule has 0 aliphatic carbocycles. The normalized spacial score (nSPS) is 14.4. The van der Waals surface area contributed by atoms with E-state index in [1.807, 2.05) is 0 Å². The van der Waals surface area contributed by atoms with Gasteiger partial charge in [0.1, 0.15) is 22.9 Å². The Kier molecular flexibility index (Phi) is 5.02. The zero-order chi connectivity index (χ0) is 24.2. The van der Waals surface area contributed by atoms with Crippen LogP contribution in [0.3, 0.4) is 0 Å². The maximum absolute atomic E-state index is 14.1. The van der Waals surface area contributed by atoms with E-state index in [-0.39, 0.29) is 39.3 Å². The summed E-state index contributed by atoms with van der Waals surface area (Å²) in [7, 11) is -3.92. The highest BCUT2D eigenvalue weighted by Crippen LogP contribution is 2.37. The van der Waals surface area contributed by atoms with Gasteiger partial charge < -0.3 is 15.0 Å². The molecule has 0 saturated heterocycles. The highest BCUT2D eigenvalue weighted by molar-refractivity contribution is 7.94. The van der Waals surface area contributed by atoms with Gasteiger partial charge in [-0.2, -0.15) is 0 Å². The molecule has 6 nitrogen and oxygen atoms in total. The quantitative estimate of drug-likeness (QED) is 0.450. The van der Waals surface area contributed by atoms with E-state index in [1.54, 1.807) is 25.1 Å². The van der Waals surface area contributed by atoms with Gasteiger partial charge in [0.05, 0.1) is 33.7 Å². The molecule has 1 aliphatic rings. The number of halogens is 2. The Balaban J connectivity index is 1.77. The summed E-state index contributed by atoms with van der Waals surface area (Å²) < 4.78 is 54.8. The van der Waals surface area contributed by atoms with Crippen LogP contribution in [0.15, 0.2) is 75.8 Å². The van der Waals surface area contributed by atoms with Crippen molar-refractivity contribution < 1.29 is 22.3 Å². The van der Waals surface area contributed by atoms with Gasteiger partial charge in [-0.1, -0.05) is 24.3 Å². The molecule has 4 aromatic rings. The molecule has 0 radical (unpaired) electrons. The monoisotopic (exact) mass is 480 g/mol. The first-order chi connectivity index (χ1) is 16.2. The lowest BCUT2D eigenvalue weighted by molar-refractivity contribution is 0.476. The van der Waals surface area contributed by atoms with Crippen LogP contribution < -0.4 is 10.9 Å². The first-order valence-electron chi connectivity index (χ1n) is 10.3. The predicted octanol–water partition coefficient (Wildman–Crippen LogP) is 4.54. The van der Waals surface area contributed by atoms with Gasteiger partial charge in [-0.15, -0.1) is 0 Å². The lowest BCUT2D eigenvalue weighted by Gasteiger charge is -2.22. The number of aryl methyl sites for hydroxylation is 1. The molecule has 9 heteroatoms. The zero-order valence-electron chi connectivity index (χ0n) is 17.8. The van der Waals surface area contributed by atoms with Crippen molar-refractivity contribution in [1.82, 2.24) is 4.57 Å². The number of nitrogens with one attached hydrogen (secondary N) is 1. The Hall–Kier alpha value is -3.98. The maximum atomic E-state index is 14.1. The van der Waals surface area contributed by atoms with Crippen LogP contribution in [0.4, 0.5) is 14.5 Å². The van der Waals surface area contributed by atoms with Crippen LogP contribution in [0.1, 0.15) is 16.7 Å². The smallest absolute Gasteiger partial charge is 0.264 e. The second kappa shape index (κ2) is 7.81.